The standard InChI is InChI=1S/C12H6N2O4S/c15-10-7-3-1-2-4-8(7)11(16)14(10)18-12(17)9-5-6-13-19-9/h1-6H. The maximum atomic E-state index is 11.9. The molecule has 0 saturated heterocycles. The van der Waals surface area contributed by atoms with Crippen LogP contribution in [-0.4, -0.2) is 27.2 Å². The molecule has 3 rings (SSSR count). The van der Waals surface area contributed by atoms with Crippen molar-refractivity contribution in [3.8, 4) is 0 Å². The summed E-state index contributed by atoms with van der Waals surface area (Å²) in [5, 5.41) is 0.479. The van der Waals surface area contributed by atoms with Crippen LogP contribution in [0, 0.1) is 0 Å². The average molecular weight is 274 g/mol. The Labute approximate surface area is 111 Å². The van der Waals surface area contributed by atoms with E-state index in [-0.39, 0.29) is 16.0 Å². The van der Waals surface area contributed by atoms with Crippen LogP contribution >= 0.6 is 11.5 Å². The Morgan fingerprint density at radius 1 is 1.11 bits per heavy atom. The molecule has 0 spiro atoms. The van der Waals surface area contributed by atoms with Gasteiger partial charge < -0.3 is 4.84 Å². The van der Waals surface area contributed by atoms with E-state index in [4.69, 9.17) is 4.84 Å². The molecule has 0 radical (unpaired) electrons. The van der Waals surface area contributed by atoms with E-state index in [1.165, 1.54) is 24.4 Å². The maximum absolute atomic E-state index is 11.9. The number of fused-ring (bicyclic) bond motifs is 1. The van der Waals surface area contributed by atoms with Crippen molar-refractivity contribution in [2.75, 3.05) is 0 Å². The number of hydroxylamine groups is 2. The second-order valence-electron chi connectivity index (χ2n) is 3.71. The van der Waals surface area contributed by atoms with Gasteiger partial charge >= 0.3 is 5.97 Å². The molecule has 1 aliphatic rings. The molecule has 1 aliphatic heterocycles. The summed E-state index contributed by atoms with van der Waals surface area (Å²) < 4.78 is 3.75. The summed E-state index contributed by atoms with van der Waals surface area (Å²) in [5.41, 5.74) is 0.453. The Morgan fingerprint density at radius 2 is 1.74 bits per heavy atom. The summed E-state index contributed by atoms with van der Waals surface area (Å²) in [4.78, 5) is 40.6. The van der Waals surface area contributed by atoms with Gasteiger partial charge in [-0.2, -0.15) is 0 Å². The Balaban J connectivity index is 1.87. The number of imide groups is 1. The molecular weight excluding hydrogens is 268 g/mol. The second kappa shape index (κ2) is 4.29. The van der Waals surface area contributed by atoms with E-state index in [2.05, 4.69) is 4.37 Å². The van der Waals surface area contributed by atoms with Crippen molar-refractivity contribution in [3.63, 3.8) is 0 Å². The van der Waals surface area contributed by atoms with E-state index < -0.39 is 17.8 Å². The Bertz CT molecular complexity index is 646. The number of nitrogens with zero attached hydrogens (tertiary/aromatic N) is 2. The van der Waals surface area contributed by atoms with Crippen LogP contribution in [0.1, 0.15) is 30.4 Å². The lowest BCUT2D eigenvalue weighted by molar-refractivity contribution is -0.0581. The fourth-order valence-corrected chi connectivity index (χ4v) is 2.17. The smallest absolute Gasteiger partial charge is 0.323 e. The normalized spacial score (nSPS) is 13.6. The van der Waals surface area contributed by atoms with Gasteiger partial charge in [-0.3, -0.25) is 9.59 Å². The van der Waals surface area contributed by atoms with E-state index in [1.54, 1.807) is 12.1 Å². The number of hydrogen-bond acceptors (Lipinski definition) is 6. The summed E-state index contributed by atoms with van der Waals surface area (Å²) in [7, 11) is 0. The third-order valence-electron chi connectivity index (χ3n) is 2.57. The number of aromatic nitrogens is 1. The lowest BCUT2D eigenvalue weighted by Gasteiger charge is -2.11. The summed E-state index contributed by atoms with van der Waals surface area (Å²) in [6, 6.07) is 7.74. The SMILES string of the molecule is O=C(ON1C(=O)c2ccccc2C1=O)c1ccns1. The highest BCUT2D eigenvalue weighted by Gasteiger charge is 2.38. The fourth-order valence-electron chi connectivity index (χ4n) is 1.70. The number of hydrogen-bond donors (Lipinski definition) is 0. The molecule has 94 valence electrons. The van der Waals surface area contributed by atoms with Crippen LogP contribution < -0.4 is 0 Å². The predicted octanol–water partition coefficient (Wildman–Crippen LogP) is 1.51. The number of carbonyl (C=O) groups is 3. The molecule has 2 aromatic rings. The topological polar surface area (TPSA) is 76.6 Å². The van der Waals surface area contributed by atoms with Crippen molar-refractivity contribution >= 4 is 29.3 Å². The van der Waals surface area contributed by atoms with Crippen LogP contribution in [0.4, 0.5) is 0 Å². The van der Waals surface area contributed by atoms with Gasteiger partial charge in [0.1, 0.15) is 4.88 Å². The molecule has 19 heavy (non-hydrogen) atoms. The van der Waals surface area contributed by atoms with Gasteiger partial charge in [0.2, 0.25) is 0 Å². The predicted molar refractivity (Wildman–Crippen MR) is 64.5 cm³/mol. The molecule has 6 nitrogen and oxygen atoms in total. The van der Waals surface area contributed by atoms with Gasteiger partial charge in [0, 0.05) is 6.20 Å². The number of rotatable bonds is 2. The average Bonchev–Trinajstić information content (AvgIpc) is 3.03. The molecule has 2 heterocycles. The van der Waals surface area contributed by atoms with Crippen molar-refractivity contribution in [2.24, 2.45) is 0 Å². The number of amides is 2. The number of carbonyl (C=O) groups excluding carboxylic acids is 3. The fraction of sp³-hybridized carbons (Fsp3) is 0. The molecular formula is C12H6N2O4S. The molecule has 1 aromatic carbocycles. The monoisotopic (exact) mass is 274 g/mol. The van der Waals surface area contributed by atoms with Crippen LogP contribution in [0.2, 0.25) is 0 Å². The largest absolute Gasteiger partial charge is 0.375 e. The van der Waals surface area contributed by atoms with Gasteiger partial charge in [0.25, 0.3) is 11.8 Å². The van der Waals surface area contributed by atoms with Crippen molar-refractivity contribution < 1.29 is 19.2 Å². The Morgan fingerprint density at radius 3 is 2.26 bits per heavy atom. The first-order chi connectivity index (χ1) is 9.18. The van der Waals surface area contributed by atoms with Crippen molar-refractivity contribution in [1.82, 2.24) is 9.44 Å². The van der Waals surface area contributed by atoms with Gasteiger partial charge in [-0.25, -0.2) is 9.17 Å². The minimum absolute atomic E-state index is 0.219. The summed E-state index contributed by atoms with van der Waals surface area (Å²) in [5.74, 6) is -2.06. The molecule has 2 amide bonds. The van der Waals surface area contributed by atoms with Crippen molar-refractivity contribution in [1.29, 1.82) is 0 Å². The highest BCUT2D eigenvalue weighted by molar-refractivity contribution is 7.07. The van der Waals surface area contributed by atoms with Crippen LogP contribution in [0.3, 0.4) is 0 Å². The van der Waals surface area contributed by atoms with Crippen LogP contribution in [0.5, 0.6) is 0 Å². The van der Waals surface area contributed by atoms with E-state index in [0.717, 1.165) is 11.5 Å². The highest BCUT2D eigenvalue weighted by Crippen LogP contribution is 2.23. The minimum Gasteiger partial charge on any atom is -0.323 e. The molecule has 0 N–H and O–H groups in total. The summed E-state index contributed by atoms with van der Waals surface area (Å²) >= 11 is 0.927. The molecule has 0 fully saturated rings. The van der Waals surface area contributed by atoms with E-state index in [0.29, 0.717) is 5.06 Å². The molecule has 0 aliphatic carbocycles. The van der Waals surface area contributed by atoms with Crippen molar-refractivity contribution in [3.05, 3.63) is 52.5 Å². The first-order valence-corrected chi connectivity index (χ1v) is 6.06. The number of benzene rings is 1. The minimum atomic E-state index is -0.781. The third-order valence-corrected chi connectivity index (χ3v) is 3.30. The summed E-state index contributed by atoms with van der Waals surface area (Å²) in [6.07, 6.45) is 1.43. The van der Waals surface area contributed by atoms with Gasteiger partial charge in [-0.05, 0) is 29.7 Å². The molecule has 0 unspecified atom stereocenters. The maximum Gasteiger partial charge on any atom is 0.375 e. The van der Waals surface area contributed by atoms with E-state index in [9.17, 15) is 14.4 Å². The van der Waals surface area contributed by atoms with Gasteiger partial charge in [0.05, 0.1) is 11.1 Å². The third kappa shape index (κ3) is 1.80. The zero-order chi connectivity index (χ0) is 13.4. The first kappa shape index (κ1) is 11.5. The zero-order valence-electron chi connectivity index (χ0n) is 9.40. The van der Waals surface area contributed by atoms with E-state index >= 15 is 0 Å². The molecule has 0 atom stereocenters. The lowest BCUT2D eigenvalue weighted by Crippen LogP contribution is -2.32. The molecule has 0 bridgehead atoms. The van der Waals surface area contributed by atoms with Gasteiger partial charge in [-0.15, -0.1) is 0 Å². The van der Waals surface area contributed by atoms with Crippen LogP contribution in [0.25, 0.3) is 0 Å². The van der Waals surface area contributed by atoms with Gasteiger partial charge in [-0.1, -0.05) is 17.2 Å². The first-order valence-electron chi connectivity index (χ1n) is 5.29. The van der Waals surface area contributed by atoms with Crippen LogP contribution in [0.15, 0.2) is 36.5 Å². The Hall–Kier alpha value is -2.54. The van der Waals surface area contributed by atoms with E-state index in [1.807, 2.05) is 0 Å². The second-order valence-corrected chi connectivity index (χ2v) is 4.54. The molecule has 0 saturated carbocycles. The van der Waals surface area contributed by atoms with Crippen molar-refractivity contribution in [2.45, 2.75) is 0 Å². The highest BCUT2D eigenvalue weighted by atomic mass is 32.1. The van der Waals surface area contributed by atoms with Gasteiger partial charge in [0.15, 0.2) is 0 Å². The van der Waals surface area contributed by atoms with Crippen LogP contribution in [-0.2, 0) is 4.84 Å². The lowest BCUT2D eigenvalue weighted by atomic mass is 10.1. The molecule has 1 aromatic heterocycles. The quantitative estimate of drug-likeness (QED) is 0.776. The zero-order valence-corrected chi connectivity index (χ0v) is 10.2. The molecule has 7 heteroatoms. The summed E-state index contributed by atoms with van der Waals surface area (Å²) in [6.45, 7) is 0. The Kier molecular flexibility index (Phi) is 2.60.